The maximum Gasteiger partial charge on any atom is 0.220 e. The minimum absolute atomic E-state index is 0.0406. The topological polar surface area (TPSA) is 54.4 Å². The molecule has 0 radical (unpaired) electrons. The highest BCUT2D eigenvalue weighted by Gasteiger charge is 2.66. The lowest BCUT2D eigenvalue weighted by atomic mass is 9.34. The fourth-order valence-corrected chi connectivity index (χ4v) is 9.53. The van der Waals surface area contributed by atoms with Crippen molar-refractivity contribution >= 4 is 11.6 Å². The minimum atomic E-state index is -0.253. The first-order chi connectivity index (χ1) is 16.7. The Balaban J connectivity index is 1.56. The number of aliphatic hydroxyl groups excluding tert-OH is 1. The molecule has 3 nitrogen and oxygen atoms in total. The van der Waals surface area contributed by atoms with Gasteiger partial charge >= 0.3 is 0 Å². The molecule has 3 fully saturated rings. The fourth-order valence-electron chi connectivity index (χ4n) is 9.53. The maximum absolute atomic E-state index is 12.8. The molecule has 0 amide bonds. The van der Waals surface area contributed by atoms with Crippen LogP contribution in [-0.4, -0.2) is 16.7 Å². The van der Waals surface area contributed by atoms with Crippen molar-refractivity contribution in [2.75, 3.05) is 0 Å². The number of carbonyl (C=O) groups excluding carboxylic acids is 2. The van der Waals surface area contributed by atoms with Crippen LogP contribution in [0.1, 0.15) is 113 Å². The molecular weight excluding hydrogens is 444 g/mol. The van der Waals surface area contributed by atoms with Crippen LogP contribution in [0, 0.1) is 33.0 Å². The number of ketones is 2. The molecule has 5 rings (SSSR count). The number of hydrogen-bond donors (Lipinski definition) is 1. The van der Waals surface area contributed by atoms with Crippen molar-refractivity contribution in [3.63, 3.8) is 0 Å². The van der Waals surface area contributed by atoms with Crippen molar-refractivity contribution in [3.05, 3.63) is 46.3 Å². The largest absolute Gasteiger partial charge is 0.504 e. The first kappa shape index (κ1) is 25.7. The molecule has 0 aromatic heterocycles. The molecule has 5 aliphatic carbocycles. The summed E-state index contributed by atoms with van der Waals surface area (Å²) >= 11 is 0. The molecule has 196 valence electrons. The Morgan fingerprint density at radius 1 is 1.00 bits per heavy atom. The molecule has 6 atom stereocenters. The van der Waals surface area contributed by atoms with Gasteiger partial charge in [0.15, 0.2) is 5.76 Å². The van der Waals surface area contributed by atoms with Gasteiger partial charge in [-0.25, -0.2) is 0 Å². The van der Waals surface area contributed by atoms with Crippen molar-refractivity contribution in [2.24, 2.45) is 33.0 Å². The number of rotatable bonds is 4. The van der Waals surface area contributed by atoms with E-state index in [9.17, 15) is 14.7 Å². The zero-order valence-corrected chi connectivity index (χ0v) is 23.6. The molecule has 3 heteroatoms. The molecule has 0 heterocycles. The summed E-state index contributed by atoms with van der Waals surface area (Å²) in [6, 6.07) is 0. The zero-order valence-electron chi connectivity index (χ0n) is 23.6. The van der Waals surface area contributed by atoms with E-state index in [-0.39, 0.29) is 33.2 Å². The van der Waals surface area contributed by atoms with Crippen LogP contribution >= 0.6 is 0 Å². The number of hydrogen-bond acceptors (Lipinski definition) is 3. The van der Waals surface area contributed by atoms with Gasteiger partial charge in [-0.05, 0) is 103 Å². The van der Waals surface area contributed by atoms with Gasteiger partial charge in [0.05, 0.1) is 0 Å². The summed E-state index contributed by atoms with van der Waals surface area (Å²) in [5.41, 5.74) is 4.78. The SMILES string of the molecule is CCCC(=O)C[C@]1(C)CC[C@]2(C)CC[C@]3(C)C4=CC=C5C(=CC(=O)C(O)=C5C)[C@]4(C)CC[C@@]3(C)[C@@H]2C1. The van der Waals surface area contributed by atoms with Crippen molar-refractivity contribution < 1.29 is 14.7 Å². The third-order valence-electron chi connectivity index (χ3n) is 12.1. The van der Waals surface area contributed by atoms with E-state index >= 15 is 0 Å². The van der Waals surface area contributed by atoms with Gasteiger partial charge in [0.25, 0.3) is 0 Å². The van der Waals surface area contributed by atoms with Crippen molar-refractivity contribution in [2.45, 2.75) is 113 Å². The standard InChI is InChI=1S/C33H46O3/c1-8-9-22(34)19-29(3)12-13-30(4)14-16-32(6)26-11-10-23-21(2)28(36)25(35)18-24(23)31(26,5)15-17-33(32,7)27(30)20-29/h10-11,18,27,36H,8-9,12-17,19-20H2,1-7H3/t27-,29+,30-,31+,32-,33+/m1/s1. The molecule has 0 aromatic carbocycles. The third kappa shape index (κ3) is 3.36. The molecular formula is C33H46O3. The monoisotopic (exact) mass is 490 g/mol. The van der Waals surface area contributed by atoms with Gasteiger partial charge in [-0.15, -0.1) is 0 Å². The van der Waals surface area contributed by atoms with Gasteiger partial charge in [0.2, 0.25) is 5.78 Å². The molecule has 36 heavy (non-hydrogen) atoms. The lowest BCUT2D eigenvalue weighted by molar-refractivity contribution is -0.163. The molecule has 0 aliphatic heterocycles. The van der Waals surface area contributed by atoms with E-state index in [2.05, 4.69) is 53.7 Å². The van der Waals surface area contributed by atoms with Crippen LogP contribution in [-0.2, 0) is 9.59 Å². The van der Waals surface area contributed by atoms with Gasteiger partial charge in [-0.2, -0.15) is 0 Å². The fraction of sp³-hybridized carbons (Fsp3) is 0.697. The van der Waals surface area contributed by atoms with Crippen LogP contribution in [0.4, 0.5) is 0 Å². The number of carbonyl (C=O) groups is 2. The minimum Gasteiger partial charge on any atom is -0.504 e. The second-order valence-electron chi connectivity index (χ2n) is 14.3. The van der Waals surface area contributed by atoms with E-state index in [1.54, 1.807) is 6.08 Å². The highest BCUT2D eigenvalue weighted by Crippen LogP contribution is 2.75. The summed E-state index contributed by atoms with van der Waals surface area (Å²) in [7, 11) is 0. The Kier molecular flexibility index (Phi) is 5.75. The van der Waals surface area contributed by atoms with Crippen LogP contribution in [0.2, 0.25) is 0 Å². The third-order valence-corrected chi connectivity index (χ3v) is 12.1. The summed E-state index contributed by atoms with van der Waals surface area (Å²) in [6.07, 6.45) is 16.7. The predicted octanol–water partition coefficient (Wildman–Crippen LogP) is 8.37. The lowest BCUT2D eigenvalue weighted by Gasteiger charge is -2.70. The lowest BCUT2D eigenvalue weighted by Crippen LogP contribution is -2.61. The molecule has 0 unspecified atom stereocenters. The van der Waals surface area contributed by atoms with Gasteiger partial charge in [-0.1, -0.05) is 59.3 Å². The smallest absolute Gasteiger partial charge is 0.220 e. The summed E-state index contributed by atoms with van der Waals surface area (Å²) in [4.78, 5) is 25.4. The Hall–Kier alpha value is -1.90. The van der Waals surface area contributed by atoms with E-state index in [4.69, 9.17) is 0 Å². The van der Waals surface area contributed by atoms with Gasteiger partial charge in [0, 0.05) is 23.8 Å². The zero-order chi connectivity index (χ0) is 26.3. The van der Waals surface area contributed by atoms with Crippen LogP contribution in [0.15, 0.2) is 46.3 Å². The molecule has 0 aromatic rings. The van der Waals surface area contributed by atoms with Gasteiger partial charge < -0.3 is 5.11 Å². The van der Waals surface area contributed by atoms with E-state index in [1.807, 2.05) is 6.92 Å². The molecule has 3 saturated carbocycles. The number of aliphatic hydroxyl groups is 1. The Labute approximate surface area is 218 Å². The number of fused-ring (bicyclic) bond motifs is 7. The molecule has 0 saturated heterocycles. The van der Waals surface area contributed by atoms with E-state index < -0.39 is 0 Å². The predicted molar refractivity (Wildman–Crippen MR) is 145 cm³/mol. The van der Waals surface area contributed by atoms with Gasteiger partial charge in [0.1, 0.15) is 5.78 Å². The average Bonchev–Trinajstić information content (AvgIpc) is 2.81. The quantitative estimate of drug-likeness (QED) is 0.430. The summed E-state index contributed by atoms with van der Waals surface area (Å²) in [5, 5.41) is 10.3. The number of Topliss-reactive ketones (excluding diaryl/α,β-unsaturated/α-hetero) is 1. The molecule has 1 N–H and O–H groups in total. The summed E-state index contributed by atoms with van der Waals surface area (Å²) < 4.78 is 0. The second-order valence-corrected chi connectivity index (χ2v) is 14.3. The number of allylic oxidation sites excluding steroid dienone is 7. The molecule has 0 bridgehead atoms. The van der Waals surface area contributed by atoms with E-state index in [0.29, 0.717) is 29.1 Å². The van der Waals surface area contributed by atoms with Crippen LogP contribution < -0.4 is 0 Å². The van der Waals surface area contributed by atoms with E-state index in [0.717, 1.165) is 43.3 Å². The van der Waals surface area contributed by atoms with Crippen molar-refractivity contribution in [1.29, 1.82) is 0 Å². The van der Waals surface area contributed by atoms with Crippen LogP contribution in [0.25, 0.3) is 0 Å². The first-order valence-electron chi connectivity index (χ1n) is 14.3. The molecule has 0 spiro atoms. The van der Waals surface area contributed by atoms with Crippen molar-refractivity contribution in [1.82, 2.24) is 0 Å². The van der Waals surface area contributed by atoms with Crippen LogP contribution in [0.5, 0.6) is 0 Å². The maximum atomic E-state index is 12.8. The van der Waals surface area contributed by atoms with Crippen molar-refractivity contribution in [3.8, 4) is 0 Å². The average molecular weight is 491 g/mol. The Morgan fingerprint density at radius 2 is 1.69 bits per heavy atom. The first-order valence-corrected chi connectivity index (χ1v) is 14.3. The normalized spacial score (nSPS) is 43.9. The van der Waals surface area contributed by atoms with Crippen LogP contribution in [0.3, 0.4) is 0 Å². The molecule has 5 aliphatic rings. The Morgan fingerprint density at radius 3 is 2.39 bits per heavy atom. The highest BCUT2D eigenvalue weighted by atomic mass is 16.3. The van der Waals surface area contributed by atoms with Gasteiger partial charge in [-0.3, -0.25) is 9.59 Å². The highest BCUT2D eigenvalue weighted by molar-refractivity contribution is 6.06. The summed E-state index contributed by atoms with van der Waals surface area (Å²) in [5.74, 6) is 0.665. The van der Waals surface area contributed by atoms with E-state index in [1.165, 1.54) is 31.3 Å². The second kappa shape index (κ2) is 8.05. The Bertz CT molecular complexity index is 1150. The summed E-state index contributed by atoms with van der Waals surface area (Å²) in [6.45, 7) is 16.3.